The Balaban J connectivity index is 1.08. The van der Waals surface area contributed by atoms with Gasteiger partial charge in [-0.3, -0.25) is 4.98 Å². The molecule has 4 saturated carbocycles. The Morgan fingerprint density at radius 2 is 1.81 bits per heavy atom. The molecule has 8 rings (SSSR count). The van der Waals surface area contributed by atoms with E-state index in [1.54, 1.807) is 12.4 Å². The van der Waals surface area contributed by atoms with Crippen molar-refractivity contribution in [2.75, 3.05) is 0 Å². The van der Waals surface area contributed by atoms with E-state index in [0.717, 1.165) is 68.3 Å². The van der Waals surface area contributed by atoms with Gasteiger partial charge in [0.2, 0.25) is 0 Å². The second kappa shape index (κ2) is 8.97. The van der Waals surface area contributed by atoms with Crippen LogP contribution in [0.3, 0.4) is 0 Å². The highest BCUT2D eigenvalue weighted by Crippen LogP contribution is 2.55. The molecule has 0 aromatic carbocycles. The lowest BCUT2D eigenvalue weighted by molar-refractivity contribution is -0.133. The first-order chi connectivity index (χ1) is 18.0. The minimum absolute atomic E-state index is 0.0917. The van der Waals surface area contributed by atoms with Gasteiger partial charge in [0.1, 0.15) is 17.1 Å². The molecule has 4 aromatic heterocycles. The van der Waals surface area contributed by atoms with Crippen molar-refractivity contribution in [3.63, 3.8) is 0 Å². The van der Waals surface area contributed by atoms with Crippen LogP contribution in [-0.2, 0) is 11.3 Å². The molecule has 4 aromatic rings. The lowest BCUT2D eigenvalue weighted by Gasteiger charge is -2.52. The van der Waals surface area contributed by atoms with Crippen LogP contribution in [0.25, 0.3) is 23.0 Å². The number of hydrogen-bond acceptors (Lipinski definition) is 5. The first-order valence-electron chi connectivity index (χ1n) is 13.1. The zero-order chi connectivity index (χ0) is 25.0. The van der Waals surface area contributed by atoms with E-state index in [1.165, 1.54) is 5.56 Å². The first kappa shape index (κ1) is 23.4. The minimum Gasteiger partial charge on any atom is -0.370 e. The number of fused-ring (bicyclic) bond motifs is 4. The fourth-order valence-corrected chi connectivity index (χ4v) is 6.68. The highest BCUT2D eigenvalue weighted by molar-refractivity contribution is 6.38. The summed E-state index contributed by atoms with van der Waals surface area (Å²) in [5.74, 6) is 1.34. The van der Waals surface area contributed by atoms with Gasteiger partial charge in [0.15, 0.2) is 0 Å². The van der Waals surface area contributed by atoms with Crippen molar-refractivity contribution >= 4 is 34.9 Å². The molecule has 4 aliphatic carbocycles. The molecule has 0 radical (unpaired) electrons. The third kappa shape index (κ3) is 4.29. The zero-order valence-electron chi connectivity index (χ0n) is 20.5. The van der Waals surface area contributed by atoms with E-state index in [4.69, 9.17) is 32.5 Å². The number of allylic oxidation sites excluding steroid dienone is 1. The Bertz CT molecular complexity index is 1460. The maximum atomic E-state index is 6.77. The largest absolute Gasteiger partial charge is 0.370 e. The standard InChI is InChI=1S/C29H28Cl2N4O2/c30-22-16-32-17-23(31)25(22)26-21(27(37-34-26)20-1-2-20)18-36-29-9-6-28(7-10-29,8-11-29)5-3-19-4-13-35-14-12-33-24(35)15-19/h3-5,12-17,20H,1-2,6-11,18H2/b5-3+. The summed E-state index contributed by atoms with van der Waals surface area (Å²) in [6, 6.07) is 4.29. The minimum atomic E-state index is -0.0917. The Kier molecular flexibility index (Phi) is 5.68. The van der Waals surface area contributed by atoms with E-state index in [1.807, 2.05) is 16.8 Å². The second-order valence-electron chi connectivity index (χ2n) is 10.9. The fraction of sp³-hybridized carbons (Fsp3) is 0.414. The quantitative estimate of drug-likeness (QED) is 0.241. The number of pyridine rings is 2. The molecule has 0 saturated heterocycles. The Hall–Kier alpha value is -2.67. The van der Waals surface area contributed by atoms with Gasteiger partial charge < -0.3 is 13.7 Å². The lowest BCUT2D eigenvalue weighted by Crippen LogP contribution is -2.46. The maximum Gasteiger partial charge on any atom is 0.145 e. The van der Waals surface area contributed by atoms with E-state index in [2.05, 4.69) is 45.6 Å². The molecule has 4 heterocycles. The van der Waals surface area contributed by atoms with Gasteiger partial charge in [-0.1, -0.05) is 40.5 Å². The summed E-state index contributed by atoms with van der Waals surface area (Å²) in [7, 11) is 0. The molecule has 190 valence electrons. The number of aromatic nitrogens is 4. The number of nitrogens with zero attached hydrogens (tertiary/aromatic N) is 4. The SMILES string of the molecule is Clc1cncc(Cl)c1-c1noc(C2CC2)c1COC12CCC(/C=C/c3ccn4ccnc4c3)(CC1)CC2. The lowest BCUT2D eigenvalue weighted by atomic mass is 9.58. The highest BCUT2D eigenvalue weighted by atomic mass is 35.5. The monoisotopic (exact) mass is 534 g/mol. The molecule has 0 atom stereocenters. The summed E-state index contributed by atoms with van der Waals surface area (Å²) in [5.41, 5.74) is 4.70. The van der Waals surface area contributed by atoms with Gasteiger partial charge in [-0.05, 0) is 74.5 Å². The molecule has 6 nitrogen and oxygen atoms in total. The summed E-state index contributed by atoms with van der Waals surface area (Å²) in [5, 5.41) is 5.35. The average Bonchev–Trinajstić information content (AvgIpc) is 3.51. The van der Waals surface area contributed by atoms with Crippen LogP contribution in [-0.4, -0.2) is 25.1 Å². The number of rotatable bonds is 7. The van der Waals surface area contributed by atoms with Crippen molar-refractivity contribution in [2.24, 2.45) is 5.41 Å². The van der Waals surface area contributed by atoms with E-state index >= 15 is 0 Å². The molecule has 0 N–H and O–H groups in total. The summed E-state index contributed by atoms with van der Waals surface area (Å²) in [4.78, 5) is 8.50. The van der Waals surface area contributed by atoms with Crippen LogP contribution in [0.4, 0.5) is 0 Å². The van der Waals surface area contributed by atoms with Crippen molar-refractivity contribution < 1.29 is 9.26 Å². The van der Waals surface area contributed by atoms with Crippen molar-refractivity contribution in [3.05, 3.63) is 76.1 Å². The molecule has 8 heteroatoms. The van der Waals surface area contributed by atoms with E-state index in [0.29, 0.717) is 33.8 Å². The summed E-state index contributed by atoms with van der Waals surface area (Å²) >= 11 is 13.0. The smallest absolute Gasteiger partial charge is 0.145 e. The van der Waals surface area contributed by atoms with Crippen LogP contribution in [0.15, 0.2) is 53.7 Å². The number of hydrogen-bond donors (Lipinski definition) is 0. The van der Waals surface area contributed by atoms with E-state index in [-0.39, 0.29) is 11.0 Å². The molecule has 4 aliphatic rings. The Morgan fingerprint density at radius 1 is 1.05 bits per heavy atom. The summed E-state index contributed by atoms with van der Waals surface area (Å²) in [6.45, 7) is 0.465. The predicted octanol–water partition coefficient (Wildman–Crippen LogP) is 7.89. The Morgan fingerprint density at radius 3 is 2.54 bits per heavy atom. The van der Waals surface area contributed by atoms with Gasteiger partial charge in [0.05, 0.1) is 22.3 Å². The number of ether oxygens (including phenoxy) is 1. The van der Waals surface area contributed by atoms with E-state index in [9.17, 15) is 0 Å². The third-order valence-electron chi connectivity index (χ3n) is 8.67. The van der Waals surface area contributed by atoms with Gasteiger partial charge >= 0.3 is 0 Å². The fourth-order valence-electron chi connectivity index (χ4n) is 6.14. The van der Waals surface area contributed by atoms with Crippen molar-refractivity contribution in [3.8, 4) is 11.3 Å². The van der Waals surface area contributed by atoms with Crippen LogP contribution in [0.2, 0.25) is 10.0 Å². The van der Waals surface area contributed by atoms with Crippen LogP contribution in [0.1, 0.15) is 74.2 Å². The topological polar surface area (TPSA) is 65.5 Å². The first-order valence-corrected chi connectivity index (χ1v) is 13.8. The van der Waals surface area contributed by atoms with Gasteiger partial charge in [-0.25, -0.2) is 4.98 Å². The molecular weight excluding hydrogens is 507 g/mol. The number of halogens is 2. The van der Waals surface area contributed by atoms with E-state index < -0.39 is 0 Å². The maximum absolute atomic E-state index is 6.77. The predicted molar refractivity (Wildman–Crippen MR) is 144 cm³/mol. The van der Waals surface area contributed by atoms with Crippen LogP contribution >= 0.6 is 23.2 Å². The normalized spacial score (nSPS) is 25.5. The molecule has 4 fully saturated rings. The molecule has 0 spiro atoms. The second-order valence-corrected chi connectivity index (χ2v) is 11.8. The molecule has 0 amide bonds. The Labute approximate surface area is 225 Å². The zero-order valence-corrected chi connectivity index (χ0v) is 22.0. The van der Waals surface area contributed by atoms with Crippen molar-refractivity contribution in [1.29, 1.82) is 0 Å². The van der Waals surface area contributed by atoms with Gasteiger partial charge in [0, 0.05) is 48.0 Å². The third-order valence-corrected chi connectivity index (χ3v) is 9.24. The van der Waals surface area contributed by atoms with Crippen molar-refractivity contribution in [1.82, 2.24) is 19.5 Å². The summed E-state index contributed by atoms with van der Waals surface area (Å²) < 4.78 is 14.6. The van der Waals surface area contributed by atoms with Crippen LogP contribution in [0, 0.1) is 5.41 Å². The molecular formula is C29H28Cl2N4O2. The molecule has 2 bridgehead atoms. The van der Waals surface area contributed by atoms with Crippen LogP contribution < -0.4 is 0 Å². The molecule has 0 aliphatic heterocycles. The van der Waals surface area contributed by atoms with Gasteiger partial charge in [-0.2, -0.15) is 0 Å². The van der Waals surface area contributed by atoms with Crippen LogP contribution in [0.5, 0.6) is 0 Å². The van der Waals surface area contributed by atoms with Crippen molar-refractivity contribution in [2.45, 2.75) is 69.5 Å². The van der Waals surface area contributed by atoms with Gasteiger partial charge in [-0.15, -0.1) is 0 Å². The average molecular weight is 535 g/mol. The number of imidazole rings is 1. The van der Waals surface area contributed by atoms with Gasteiger partial charge in [0.25, 0.3) is 0 Å². The molecule has 37 heavy (non-hydrogen) atoms. The highest BCUT2D eigenvalue weighted by Gasteiger charge is 2.48. The molecule has 0 unspecified atom stereocenters. The summed E-state index contributed by atoms with van der Waals surface area (Å²) in [6.07, 6.45) is 22.6.